The molecule has 1 heterocycles. The van der Waals surface area contributed by atoms with Gasteiger partial charge in [0.2, 0.25) is 11.8 Å². The second-order valence-corrected chi connectivity index (χ2v) is 5.65. The Kier molecular flexibility index (Phi) is 5.20. The lowest BCUT2D eigenvalue weighted by Crippen LogP contribution is -2.39. The lowest BCUT2D eigenvalue weighted by Gasteiger charge is -2.23. The van der Waals surface area contributed by atoms with Crippen molar-refractivity contribution in [2.24, 2.45) is 5.73 Å². The number of nitrogens with two attached hydrogens (primary N) is 1. The zero-order chi connectivity index (χ0) is 15.4. The van der Waals surface area contributed by atoms with Gasteiger partial charge in [-0.05, 0) is 50.6 Å². The van der Waals surface area contributed by atoms with E-state index >= 15 is 0 Å². The van der Waals surface area contributed by atoms with Gasteiger partial charge < -0.3 is 11.1 Å². The van der Waals surface area contributed by atoms with Gasteiger partial charge in [0.25, 0.3) is 0 Å². The maximum absolute atomic E-state index is 12.3. The Labute approximate surface area is 129 Å². The summed E-state index contributed by atoms with van der Waals surface area (Å²) in [5.74, 6) is -0.605. The maximum atomic E-state index is 12.3. The molecule has 0 spiro atoms. The first-order valence-electron chi connectivity index (χ1n) is 7.17. The minimum Gasteiger partial charge on any atom is -0.366 e. The van der Waals surface area contributed by atoms with Crippen molar-refractivity contribution in [2.45, 2.75) is 32.2 Å². The highest BCUT2D eigenvalue weighted by Crippen LogP contribution is 2.23. The molecule has 5 nitrogen and oxygen atoms in total. The molecule has 2 rings (SSSR count). The van der Waals surface area contributed by atoms with Gasteiger partial charge in [-0.1, -0.05) is 18.5 Å². The van der Waals surface area contributed by atoms with Crippen LogP contribution >= 0.6 is 11.6 Å². The van der Waals surface area contributed by atoms with Crippen molar-refractivity contribution in [1.29, 1.82) is 0 Å². The van der Waals surface area contributed by atoms with E-state index in [1.54, 1.807) is 12.1 Å². The molecule has 1 aromatic rings. The van der Waals surface area contributed by atoms with Gasteiger partial charge in [-0.15, -0.1) is 0 Å². The fraction of sp³-hybridized carbons (Fsp3) is 0.467. The van der Waals surface area contributed by atoms with Crippen LogP contribution in [0.15, 0.2) is 18.2 Å². The average molecular weight is 310 g/mol. The van der Waals surface area contributed by atoms with E-state index in [-0.39, 0.29) is 22.5 Å². The molecule has 1 aromatic carbocycles. The number of primary amides is 1. The SMILES string of the molecule is CCCN1CCCC1C(=O)Nc1ccc(C(N)=O)c(Cl)c1. The van der Waals surface area contributed by atoms with E-state index < -0.39 is 5.91 Å². The maximum Gasteiger partial charge on any atom is 0.250 e. The number of nitrogens with zero attached hydrogens (tertiary/aromatic N) is 1. The summed E-state index contributed by atoms with van der Waals surface area (Å²) in [6.07, 6.45) is 2.95. The van der Waals surface area contributed by atoms with Crippen LogP contribution in [-0.4, -0.2) is 35.8 Å². The summed E-state index contributed by atoms with van der Waals surface area (Å²) in [6, 6.07) is 4.64. The van der Waals surface area contributed by atoms with E-state index in [1.165, 1.54) is 6.07 Å². The number of halogens is 1. The van der Waals surface area contributed by atoms with Crippen LogP contribution in [0.5, 0.6) is 0 Å². The molecule has 6 heteroatoms. The van der Waals surface area contributed by atoms with Crippen LogP contribution in [0.25, 0.3) is 0 Å². The standard InChI is InChI=1S/C15H20ClN3O2/c1-2-7-19-8-3-4-13(19)15(21)18-10-5-6-11(14(17)20)12(16)9-10/h5-6,9,13H,2-4,7-8H2,1H3,(H2,17,20)(H,18,21). The number of hydrogen-bond donors (Lipinski definition) is 2. The number of anilines is 1. The Morgan fingerprint density at radius 1 is 1.48 bits per heavy atom. The highest BCUT2D eigenvalue weighted by Gasteiger charge is 2.29. The number of nitrogens with one attached hydrogen (secondary N) is 1. The van der Waals surface area contributed by atoms with Crippen molar-refractivity contribution >= 4 is 29.1 Å². The van der Waals surface area contributed by atoms with Gasteiger partial charge in [-0.3, -0.25) is 14.5 Å². The molecule has 1 unspecified atom stereocenters. The van der Waals surface area contributed by atoms with E-state index in [1.807, 2.05) is 0 Å². The normalized spacial score (nSPS) is 18.7. The molecule has 0 bridgehead atoms. The van der Waals surface area contributed by atoms with Crippen molar-refractivity contribution in [1.82, 2.24) is 4.90 Å². The number of amides is 2. The quantitative estimate of drug-likeness (QED) is 0.876. The topological polar surface area (TPSA) is 75.4 Å². The fourth-order valence-electron chi connectivity index (χ4n) is 2.70. The molecule has 1 saturated heterocycles. The van der Waals surface area contributed by atoms with Crippen molar-refractivity contribution in [2.75, 3.05) is 18.4 Å². The van der Waals surface area contributed by atoms with Crippen molar-refractivity contribution in [3.63, 3.8) is 0 Å². The van der Waals surface area contributed by atoms with Gasteiger partial charge in [0.05, 0.1) is 16.6 Å². The molecule has 0 saturated carbocycles. The summed E-state index contributed by atoms with van der Waals surface area (Å²) in [4.78, 5) is 25.7. The van der Waals surface area contributed by atoms with E-state index in [4.69, 9.17) is 17.3 Å². The first-order valence-corrected chi connectivity index (χ1v) is 7.55. The Morgan fingerprint density at radius 3 is 2.86 bits per heavy atom. The smallest absolute Gasteiger partial charge is 0.250 e. The van der Waals surface area contributed by atoms with Crippen LogP contribution in [0.3, 0.4) is 0 Å². The summed E-state index contributed by atoms with van der Waals surface area (Å²) in [7, 11) is 0. The van der Waals surface area contributed by atoms with Crippen molar-refractivity contribution in [3.05, 3.63) is 28.8 Å². The third-order valence-corrected chi connectivity index (χ3v) is 3.99. The van der Waals surface area contributed by atoms with Crippen LogP contribution in [-0.2, 0) is 4.79 Å². The van der Waals surface area contributed by atoms with E-state index in [0.29, 0.717) is 5.69 Å². The molecular weight excluding hydrogens is 290 g/mol. The third-order valence-electron chi connectivity index (χ3n) is 3.68. The van der Waals surface area contributed by atoms with Crippen LogP contribution in [0.2, 0.25) is 5.02 Å². The first-order chi connectivity index (χ1) is 10.0. The number of carbonyl (C=O) groups is 2. The predicted octanol–water partition coefficient (Wildman–Crippen LogP) is 2.25. The highest BCUT2D eigenvalue weighted by molar-refractivity contribution is 6.34. The van der Waals surface area contributed by atoms with Gasteiger partial charge in [0.1, 0.15) is 0 Å². The van der Waals surface area contributed by atoms with Gasteiger partial charge in [0, 0.05) is 5.69 Å². The number of hydrogen-bond acceptors (Lipinski definition) is 3. The monoisotopic (exact) mass is 309 g/mol. The average Bonchev–Trinajstić information content (AvgIpc) is 2.87. The lowest BCUT2D eigenvalue weighted by molar-refractivity contribution is -0.120. The van der Waals surface area contributed by atoms with E-state index in [2.05, 4.69) is 17.1 Å². The fourth-order valence-corrected chi connectivity index (χ4v) is 2.97. The molecule has 0 radical (unpaired) electrons. The van der Waals surface area contributed by atoms with Crippen LogP contribution in [0.4, 0.5) is 5.69 Å². The molecule has 114 valence electrons. The molecule has 2 amide bonds. The summed E-state index contributed by atoms with van der Waals surface area (Å²) in [5, 5.41) is 3.11. The molecule has 0 aliphatic carbocycles. The van der Waals surface area contributed by atoms with Gasteiger partial charge in [-0.2, -0.15) is 0 Å². The Balaban J connectivity index is 2.06. The Morgan fingerprint density at radius 2 is 2.24 bits per heavy atom. The third kappa shape index (κ3) is 3.74. The molecule has 1 aliphatic rings. The highest BCUT2D eigenvalue weighted by atomic mass is 35.5. The molecule has 1 atom stereocenters. The summed E-state index contributed by atoms with van der Waals surface area (Å²) >= 11 is 5.98. The molecular formula is C15H20ClN3O2. The van der Waals surface area contributed by atoms with Gasteiger partial charge in [0.15, 0.2) is 0 Å². The number of carbonyl (C=O) groups excluding carboxylic acids is 2. The molecule has 0 aromatic heterocycles. The Hall–Kier alpha value is -1.59. The van der Waals surface area contributed by atoms with Crippen LogP contribution in [0.1, 0.15) is 36.5 Å². The van der Waals surface area contributed by atoms with Gasteiger partial charge >= 0.3 is 0 Å². The zero-order valence-electron chi connectivity index (χ0n) is 12.1. The summed E-state index contributed by atoms with van der Waals surface area (Å²) in [5.41, 5.74) is 6.03. The summed E-state index contributed by atoms with van der Waals surface area (Å²) < 4.78 is 0. The molecule has 3 N–H and O–H groups in total. The minimum absolute atomic E-state index is 0.0242. The largest absolute Gasteiger partial charge is 0.366 e. The second-order valence-electron chi connectivity index (χ2n) is 5.24. The predicted molar refractivity (Wildman–Crippen MR) is 83.5 cm³/mol. The summed E-state index contributed by atoms with van der Waals surface area (Å²) in [6.45, 7) is 4.00. The number of likely N-dealkylation sites (tertiary alicyclic amines) is 1. The molecule has 1 fully saturated rings. The minimum atomic E-state index is -0.581. The van der Waals surface area contributed by atoms with E-state index in [9.17, 15) is 9.59 Å². The molecule has 1 aliphatic heterocycles. The first kappa shape index (κ1) is 15.8. The Bertz CT molecular complexity index is 548. The zero-order valence-corrected chi connectivity index (χ0v) is 12.8. The lowest BCUT2D eigenvalue weighted by atomic mass is 10.1. The number of benzene rings is 1. The van der Waals surface area contributed by atoms with Crippen LogP contribution in [0, 0.1) is 0 Å². The molecule has 21 heavy (non-hydrogen) atoms. The van der Waals surface area contributed by atoms with Gasteiger partial charge in [-0.25, -0.2) is 0 Å². The number of rotatable bonds is 5. The van der Waals surface area contributed by atoms with Crippen LogP contribution < -0.4 is 11.1 Å². The van der Waals surface area contributed by atoms with Crippen molar-refractivity contribution < 1.29 is 9.59 Å². The van der Waals surface area contributed by atoms with Crippen molar-refractivity contribution in [3.8, 4) is 0 Å². The van der Waals surface area contributed by atoms with E-state index in [0.717, 1.165) is 32.4 Å². The second kappa shape index (κ2) is 6.91.